The van der Waals surface area contributed by atoms with Gasteiger partial charge < -0.3 is 14.2 Å². The first kappa shape index (κ1) is 20.4. The van der Waals surface area contributed by atoms with E-state index in [0.717, 1.165) is 29.2 Å². The zero-order valence-corrected chi connectivity index (χ0v) is 16.4. The fourth-order valence-corrected chi connectivity index (χ4v) is 3.07. The Kier molecular flexibility index (Phi) is 6.50. The molecule has 0 radical (unpaired) electrons. The van der Waals surface area contributed by atoms with Crippen LogP contribution in [0.25, 0.3) is 11.1 Å². The molecule has 2 atom stereocenters. The van der Waals surface area contributed by atoms with Crippen molar-refractivity contribution in [2.75, 3.05) is 0 Å². The molecular weight excluding hydrogens is 368 g/mol. The summed E-state index contributed by atoms with van der Waals surface area (Å²) in [5, 5.41) is 0. The third kappa shape index (κ3) is 5.13. The molecule has 0 saturated carbocycles. The summed E-state index contributed by atoms with van der Waals surface area (Å²) in [6.45, 7) is 9.12. The summed E-state index contributed by atoms with van der Waals surface area (Å²) in [5.41, 5.74) is 3.51. The van der Waals surface area contributed by atoms with Gasteiger partial charge in [0.15, 0.2) is 0 Å². The first-order valence-corrected chi connectivity index (χ1v) is 9.59. The van der Waals surface area contributed by atoms with E-state index in [2.05, 4.69) is 13.2 Å². The van der Waals surface area contributed by atoms with E-state index >= 15 is 0 Å². The zero-order valence-electron chi connectivity index (χ0n) is 16.4. The quantitative estimate of drug-likeness (QED) is 0.354. The summed E-state index contributed by atoms with van der Waals surface area (Å²) < 4.78 is 16.3. The smallest absolute Gasteiger partial charge is 0.334 e. The largest absolute Gasteiger partial charge is 0.455 e. The second-order valence-electron chi connectivity index (χ2n) is 6.83. The Morgan fingerprint density at radius 2 is 1.79 bits per heavy atom. The molecule has 1 fully saturated rings. The van der Waals surface area contributed by atoms with E-state index in [1.165, 1.54) is 0 Å². The number of carbonyl (C=O) groups is 2. The molecule has 3 rings (SSSR count). The molecular formula is C24H24O5. The van der Waals surface area contributed by atoms with Crippen molar-refractivity contribution >= 4 is 11.9 Å². The van der Waals surface area contributed by atoms with Crippen LogP contribution >= 0.6 is 0 Å². The molecule has 0 aromatic heterocycles. The molecule has 1 aliphatic heterocycles. The number of rotatable bonds is 8. The third-order valence-electron chi connectivity index (χ3n) is 4.65. The molecule has 2 aromatic carbocycles. The highest BCUT2D eigenvalue weighted by Gasteiger charge is 2.28. The average Bonchev–Trinajstić information content (AvgIpc) is 3.07. The van der Waals surface area contributed by atoms with Crippen LogP contribution in [0.5, 0.6) is 5.75 Å². The van der Waals surface area contributed by atoms with Crippen molar-refractivity contribution in [3.8, 4) is 16.9 Å². The SMILES string of the molecule is C=CC(=O)OC(CCC)Oc1ccc(-c2ccc(C3CC(=C)C(=O)O3)cc2)cc1. The molecule has 1 aliphatic rings. The molecule has 0 amide bonds. The lowest BCUT2D eigenvalue weighted by Crippen LogP contribution is -2.23. The standard InChI is InChI=1S/C24H24O5/c1-4-6-23(29-22(25)5-2)27-20-13-11-18(12-14-20)17-7-9-19(10-8-17)21-15-16(3)24(26)28-21/h5,7-14,21,23H,2-4,6,15H2,1H3. The van der Waals surface area contributed by atoms with Crippen LogP contribution in [0, 0.1) is 0 Å². The van der Waals surface area contributed by atoms with Gasteiger partial charge in [0.05, 0.1) is 0 Å². The van der Waals surface area contributed by atoms with Gasteiger partial charge in [-0.25, -0.2) is 9.59 Å². The van der Waals surface area contributed by atoms with Crippen molar-refractivity contribution in [1.29, 1.82) is 0 Å². The lowest BCUT2D eigenvalue weighted by Gasteiger charge is -2.18. The zero-order chi connectivity index (χ0) is 20.8. The van der Waals surface area contributed by atoms with E-state index in [9.17, 15) is 9.59 Å². The highest BCUT2D eigenvalue weighted by Crippen LogP contribution is 2.33. The van der Waals surface area contributed by atoms with E-state index in [4.69, 9.17) is 14.2 Å². The Bertz CT molecular complexity index is 880. The molecule has 5 nitrogen and oxygen atoms in total. The van der Waals surface area contributed by atoms with E-state index in [1.807, 2.05) is 55.5 Å². The number of cyclic esters (lactones) is 1. The second kappa shape index (κ2) is 9.24. The van der Waals surface area contributed by atoms with E-state index < -0.39 is 12.3 Å². The summed E-state index contributed by atoms with van der Waals surface area (Å²) in [7, 11) is 0. The van der Waals surface area contributed by atoms with Crippen LogP contribution < -0.4 is 4.74 Å². The van der Waals surface area contributed by atoms with Crippen LogP contribution in [-0.2, 0) is 19.1 Å². The molecule has 29 heavy (non-hydrogen) atoms. The van der Waals surface area contributed by atoms with E-state index in [-0.39, 0.29) is 12.1 Å². The van der Waals surface area contributed by atoms with Gasteiger partial charge >= 0.3 is 11.9 Å². The summed E-state index contributed by atoms with van der Waals surface area (Å²) in [4.78, 5) is 22.9. The van der Waals surface area contributed by atoms with Gasteiger partial charge in [-0.3, -0.25) is 0 Å². The Morgan fingerprint density at radius 3 is 2.31 bits per heavy atom. The van der Waals surface area contributed by atoms with E-state index in [1.54, 1.807) is 0 Å². The van der Waals surface area contributed by atoms with Crippen molar-refractivity contribution < 1.29 is 23.8 Å². The van der Waals surface area contributed by atoms with Crippen LogP contribution in [0.4, 0.5) is 0 Å². The second-order valence-corrected chi connectivity index (χ2v) is 6.83. The summed E-state index contributed by atoms with van der Waals surface area (Å²) in [6, 6.07) is 15.5. The fourth-order valence-electron chi connectivity index (χ4n) is 3.07. The normalized spacial score (nSPS) is 16.8. The summed E-state index contributed by atoms with van der Waals surface area (Å²) in [6.07, 6.45) is 2.18. The number of hydrogen-bond donors (Lipinski definition) is 0. The first-order valence-electron chi connectivity index (χ1n) is 9.59. The average molecular weight is 392 g/mol. The number of ether oxygens (including phenoxy) is 3. The van der Waals surface area contributed by atoms with Gasteiger partial charge in [-0.15, -0.1) is 0 Å². The lowest BCUT2D eigenvalue weighted by molar-refractivity contribution is -0.158. The molecule has 0 N–H and O–H groups in total. The molecule has 2 aromatic rings. The maximum atomic E-state index is 11.5. The molecule has 0 spiro atoms. The predicted octanol–water partition coefficient (Wildman–Crippen LogP) is 5.13. The molecule has 1 saturated heterocycles. The number of hydrogen-bond acceptors (Lipinski definition) is 5. The number of benzene rings is 2. The van der Waals surface area contributed by atoms with Crippen LogP contribution in [0.2, 0.25) is 0 Å². The first-order chi connectivity index (χ1) is 14.0. The van der Waals surface area contributed by atoms with Crippen LogP contribution in [0.15, 0.2) is 73.3 Å². The minimum atomic E-state index is -0.639. The maximum absolute atomic E-state index is 11.5. The minimum absolute atomic E-state index is 0.256. The molecule has 5 heteroatoms. The van der Waals surface area contributed by atoms with Crippen molar-refractivity contribution in [3.63, 3.8) is 0 Å². The lowest BCUT2D eigenvalue weighted by atomic mass is 10.00. The van der Waals surface area contributed by atoms with Crippen molar-refractivity contribution in [1.82, 2.24) is 0 Å². The van der Waals surface area contributed by atoms with Crippen LogP contribution in [0.3, 0.4) is 0 Å². The van der Waals surface area contributed by atoms with Crippen LogP contribution in [-0.4, -0.2) is 18.2 Å². The molecule has 2 unspecified atom stereocenters. The predicted molar refractivity (Wildman–Crippen MR) is 110 cm³/mol. The third-order valence-corrected chi connectivity index (χ3v) is 4.65. The highest BCUT2D eigenvalue weighted by molar-refractivity contribution is 5.90. The van der Waals surface area contributed by atoms with Gasteiger partial charge in [0, 0.05) is 24.5 Å². The van der Waals surface area contributed by atoms with Gasteiger partial charge in [-0.2, -0.15) is 0 Å². The monoisotopic (exact) mass is 392 g/mol. The Labute approximate surface area is 170 Å². The molecule has 150 valence electrons. The summed E-state index contributed by atoms with van der Waals surface area (Å²) >= 11 is 0. The fraction of sp³-hybridized carbons (Fsp3) is 0.250. The molecule has 1 heterocycles. The van der Waals surface area contributed by atoms with Crippen molar-refractivity contribution in [3.05, 3.63) is 78.9 Å². The Morgan fingerprint density at radius 1 is 1.17 bits per heavy atom. The number of carbonyl (C=O) groups excluding carboxylic acids is 2. The van der Waals surface area contributed by atoms with Gasteiger partial charge in [0.2, 0.25) is 6.29 Å². The topological polar surface area (TPSA) is 61.8 Å². The number of esters is 2. The summed E-state index contributed by atoms with van der Waals surface area (Å²) in [5.74, 6) is -0.205. The maximum Gasteiger partial charge on any atom is 0.334 e. The van der Waals surface area contributed by atoms with Gasteiger partial charge in [0.25, 0.3) is 0 Å². The van der Waals surface area contributed by atoms with Crippen molar-refractivity contribution in [2.45, 2.75) is 38.6 Å². The Hall–Kier alpha value is -3.34. The highest BCUT2D eigenvalue weighted by atomic mass is 16.7. The van der Waals surface area contributed by atoms with Crippen LogP contribution in [0.1, 0.15) is 37.9 Å². The molecule has 0 aliphatic carbocycles. The van der Waals surface area contributed by atoms with Gasteiger partial charge in [-0.1, -0.05) is 56.5 Å². The van der Waals surface area contributed by atoms with E-state index in [0.29, 0.717) is 24.2 Å². The minimum Gasteiger partial charge on any atom is -0.455 e. The Balaban J connectivity index is 1.66. The van der Waals surface area contributed by atoms with Gasteiger partial charge in [-0.05, 0) is 35.2 Å². The van der Waals surface area contributed by atoms with Crippen molar-refractivity contribution in [2.24, 2.45) is 0 Å². The molecule has 0 bridgehead atoms. The van der Waals surface area contributed by atoms with Gasteiger partial charge in [0.1, 0.15) is 11.9 Å².